The number of nitrogens with one attached hydrogen (secondary N) is 1. The highest BCUT2D eigenvalue weighted by molar-refractivity contribution is 6.68. The number of unbranched alkanes of at least 4 members (excludes halogenated alkanes) is 1. The van der Waals surface area contributed by atoms with Crippen LogP contribution >= 0.6 is 34.8 Å². The summed E-state index contributed by atoms with van der Waals surface area (Å²) in [6, 6.07) is 0. The van der Waals surface area contributed by atoms with Crippen LogP contribution in [-0.2, 0) is 4.79 Å². The average Bonchev–Trinajstić information content (AvgIpc) is 1.99. The third-order valence-electron chi connectivity index (χ3n) is 1.37. The summed E-state index contributed by atoms with van der Waals surface area (Å²) in [5.41, 5.74) is 0. The fourth-order valence-electron chi connectivity index (χ4n) is 0.644. The minimum atomic E-state index is -1.87. The van der Waals surface area contributed by atoms with Gasteiger partial charge in [-0.1, -0.05) is 48.1 Å². The lowest BCUT2D eigenvalue weighted by molar-refractivity contribution is -0.124. The molecule has 2 N–H and O–H groups in total. The van der Waals surface area contributed by atoms with E-state index in [1.807, 2.05) is 6.92 Å². The highest BCUT2D eigenvalue weighted by atomic mass is 35.6. The molecule has 0 aromatic rings. The molecule has 0 aliphatic rings. The van der Waals surface area contributed by atoms with Gasteiger partial charge in [0.25, 0.3) is 0 Å². The molecule has 0 aromatic carbocycles. The predicted octanol–water partition coefficient (Wildman–Crippen LogP) is 1.98. The summed E-state index contributed by atoms with van der Waals surface area (Å²) in [7, 11) is 0. The number of aliphatic hydroxyl groups excluding tert-OH is 1. The number of rotatable bonds is 4. The molecule has 0 rings (SSSR count). The number of amides is 1. The zero-order chi connectivity index (χ0) is 10.5. The third-order valence-corrected chi connectivity index (χ3v) is 1.99. The molecule has 0 saturated heterocycles. The standard InChI is InChI=1S/C7H12Cl3NO2/c1-2-3-4-5(12)11-6(13)7(8,9)10/h6,13H,2-4H2,1H3,(H,11,12)/t6-/m0/s1. The van der Waals surface area contributed by atoms with Crippen LogP contribution in [0.5, 0.6) is 0 Å². The molecule has 0 unspecified atom stereocenters. The van der Waals surface area contributed by atoms with Gasteiger partial charge in [0.2, 0.25) is 9.70 Å². The molecule has 0 heterocycles. The first kappa shape index (κ1) is 13.3. The molecule has 0 radical (unpaired) electrons. The van der Waals surface area contributed by atoms with E-state index < -0.39 is 10.0 Å². The van der Waals surface area contributed by atoms with E-state index in [1.54, 1.807) is 0 Å². The second-order valence-electron chi connectivity index (χ2n) is 2.62. The molecule has 0 aliphatic carbocycles. The Morgan fingerprint density at radius 2 is 2.08 bits per heavy atom. The van der Waals surface area contributed by atoms with Gasteiger partial charge in [-0.3, -0.25) is 4.79 Å². The van der Waals surface area contributed by atoms with E-state index in [9.17, 15) is 4.79 Å². The van der Waals surface area contributed by atoms with Gasteiger partial charge in [0, 0.05) is 6.42 Å². The maximum atomic E-state index is 11.0. The van der Waals surface area contributed by atoms with Crippen LogP contribution in [0, 0.1) is 0 Å². The Bertz CT molecular complexity index is 170. The monoisotopic (exact) mass is 247 g/mol. The highest BCUT2D eigenvalue weighted by Crippen LogP contribution is 2.28. The zero-order valence-corrected chi connectivity index (χ0v) is 9.46. The Morgan fingerprint density at radius 3 is 2.46 bits per heavy atom. The summed E-state index contributed by atoms with van der Waals surface area (Å²) in [6.07, 6.45) is 0.520. The Morgan fingerprint density at radius 1 is 1.54 bits per heavy atom. The van der Waals surface area contributed by atoms with Crippen molar-refractivity contribution in [2.45, 2.75) is 36.2 Å². The quantitative estimate of drug-likeness (QED) is 0.590. The van der Waals surface area contributed by atoms with Crippen LogP contribution in [0.4, 0.5) is 0 Å². The first-order valence-corrected chi connectivity index (χ1v) is 5.05. The summed E-state index contributed by atoms with van der Waals surface area (Å²) in [5.74, 6) is -0.319. The number of halogens is 3. The van der Waals surface area contributed by atoms with E-state index >= 15 is 0 Å². The molecule has 6 heteroatoms. The molecule has 13 heavy (non-hydrogen) atoms. The zero-order valence-electron chi connectivity index (χ0n) is 7.19. The van der Waals surface area contributed by atoms with E-state index in [1.165, 1.54) is 0 Å². The van der Waals surface area contributed by atoms with Crippen molar-refractivity contribution in [1.29, 1.82) is 0 Å². The predicted molar refractivity (Wildman–Crippen MR) is 54.0 cm³/mol. The van der Waals surface area contributed by atoms with Crippen LogP contribution in [0.3, 0.4) is 0 Å². The van der Waals surface area contributed by atoms with Gasteiger partial charge in [-0.2, -0.15) is 0 Å². The second kappa shape index (κ2) is 5.91. The van der Waals surface area contributed by atoms with Crippen LogP contribution in [-0.4, -0.2) is 21.0 Å². The minimum Gasteiger partial charge on any atom is -0.369 e. The fraction of sp³-hybridized carbons (Fsp3) is 0.857. The summed E-state index contributed by atoms with van der Waals surface area (Å²) in [4.78, 5) is 11.0. The lowest BCUT2D eigenvalue weighted by atomic mass is 10.2. The van der Waals surface area contributed by atoms with E-state index in [0.717, 1.165) is 12.8 Å². The average molecular weight is 249 g/mol. The van der Waals surface area contributed by atoms with E-state index in [4.69, 9.17) is 39.9 Å². The smallest absolute Gasteiger partial charge is 0.234 e. The first-order valence-electron chi connectivity index (χ1n) is 3.92. The van der Waals surface area contributed by atoms with Gasteiger partial charge in [0.15, 0.2) is 6.23 Å². The molecule has 0 spiro atoms. The van der Waals surface area contributed by atoms with Crippen LogP contribution in [0.15, 0.2) is 0 Å². The van der Waals surface area contributed by atoms with Gasteiger partial charge in [-0.05, 0) is 6.42 Å². The molecule has 0 aromatic heterocycles. The van der Waals surface area contributed by atoms with E-state index in [-0.39, 0.29) is 5.91 Å². The van der Waals surface area contributed by atoms with Gasteiger partial charge in [-0.25, -0.2) is 0 Å². The van der Waals surface area contributed by atoms with Gasteiger partial charge in [0.05, 0.1) is 0 Å². The molecule has 3 nitrogen and oxygen atoms in total. The van der Waals surface area contributed by atoms with Gasteiger partial charge in [-0.15, -0.1) is 0 Å². The summed E-state index contributed by atoms with van der Waals surface area (Å²) < 4.78 is -1.87. The molecular formula is C7H12Cl3NO2. The number of carbonyl (C=O) groups is 1. The summed E-state index contributed by atoms with van der Waals surface area (Å²) in [6.45, 7) is 1.96. The SMILES string of the molecule is CCCCC(=O)N[C@@H](O)C(Cl)(Cl)Cl. The fourth-order valence-corrected chi connectivity index (χ4v) is 0.807. The second-order valence-corrected chi connectivity index (χ2v) is 4.98. The van der Waals surface area contributed by atoms with Crippen molar-refractivity contribution in [2.24, 2.45) is 0 Å². The van der Waals surface area contributed by atoms with Crippen LogP contribution < -0.4 is 5.32 Å². The Kier molecular flexibility index (Phi) is 6.05. The number of aliphatic hydroxyl groups is 1. The lowest BCUT2D eigenvalue weighted by Gasteiger charge is -2.19. The Balaban J connectivity index is 3.79. The highest BCUT2D eigenvalue weighted by Gasteiger charge is 2.31. The number of hydrogen-bond acceptors (Lipinski definition) is 2. The van der Waals surface area contributed by atoms with Crippen molar-refractivity contribution in [3.05, 3.63) is 0 Å². The number of hydrogen-bond donors (Lipinski definition) is 2. The van der Waals surface area contributed by atoms with Gasteiger partial charge >= 0.3 is 0 Å². The van der Waals surface area contributed by atoms with Crippen molar-refractivity contribution < 1.29 is 9.90 Å². The van der Waals surface area contributed by atoms with Crippen LogP contribution in [0.2, 0.25) is 0 Å². The number of carbonyl (C=O) groups excluding carboxylic acids is 1. The van der Waals surface area contributed by atoms with Crippen molar-refractivity contribution in [3.8, 4) is 0 Å². The maximum Gasteiger partial charge on any atom is 0.234 e. The molecule has 1 amide bonds. The third kappa shape index (κ3) is 6.38. The summed E-state index contributed by atoms with van der Waals surface area (Å²) >= 11 is 16.0. The molecule has 0 bridgehead atoms. The van der Waals surface area contributed by atoms with Crippen molar-refractivity contribution >= 4 is 40.7 Å². The number of alkyl halides is 3. The molecule has 1 atom stereocenters. The summed E-state index contributed by atoms with van der Waals surface area (Å²) in [5, 5.41) is 11.3. The topological polar surface area (TPSA) is 49.3 Å². The first-order chi connectivity index (χ1) is 5.88. The Labute approximate surface area is 92.3 Å². The largest absolute Gasteiger partial charge is 0.369 e. The normalized spacial score (nSPS) is 13.9. The van der Waals surface area contributed by atoms with E-state index in [0.29, 0.717) is 6.42 Å². The molecule has 78 valence electrons. The molecule has 0 aliphatic heterocycles. The lowest BCUT2D eigenvalue weighted by Crippen LogP contribution is -2.43. The molecular weight excluding hydrogens is 236 g/mol. The Hall–Kier alpha value is 0.300. The molecule has 0 saturated carbocycles. The van der Waals surface area contributed by atoms with Gasteiger partial charge < -0.3 is 10.4 Å². The molecule has 0 fully saturated rings. The van der Waals surface area contributed by atoms with Crippen molar-refractivity contribution in [1.82, 2.24) is 5.32 Å². The van der Waals surface area contributed by atoms with Gasteiger partial charge in [0.1, 0.15) is 0 Å². The maximum absolute atomic E-state index is 11.0. The van der Waals surface area contributed by atoms with E-state index in [2.05, 4.69) is 5.32 Å². The van der Waals surface area contributed by atoms with Crippen LogP contribution in [0.25, 0.3) is 0 Å². The minimum absolute atomic E-state index is 0.319. The van der Waals surface area contributed by atoms with Crippen LogP contribution in [0.1, 0.15) is 26.2 Å². The van der Waals surface area contributed by atoms with Crippen molar-refractivity contribution in [2.75, 3.05) is 0 Å². The van der Waals surface area contributed by atoms with Crippen molar-refractivity contribution in [3.63, 3.8) is 0 Å².